The number of nitrogens with one attached hydrogen (secondary N) is 1. The molecule has 0 aromatic heterocycles. The van der Waals surface area contributed by atoms with Crippen LogP contribution in [0.5, 0.6) is 0 Å². The maximum atomic E-state index is 13.3. The molecular formula is C70H127NO13. The van der Waals surface area contributed by atoms with Gasteiger partial charge in [0.2, 0.25) is 5.91 Å². The number of aliphatic hydroxyl groups is 8. The second-order valence-electron chi connectivity index (χ2n) is 24.3. The topological polar surface area (TPSA) is 228 Å². The largest absolute Gasteiger partial charge is 0.394 e. The second-order valence-corrected chi connectivity index (χ2v) is 24.3. The summed E-state index contributed by atoms with van der Waals surface area (Å²) in [6.07, 6.45) is 55.5. The number of hydrogen-bond acceptors (Lipinski definition) is 13. The van der Waals surface area contributed by atoms with Crippen molar-refractivity contribution in [2.24, 2.45) is 0 Å². The van der Waals surface area contributed by atoms with Gasteiger partial charge in [-0.2, -0.15) is 0 Å². The third-order valence-corrected chi connectivity index (χ3v) is 16.7. The molecule has 0 saturated carbocycles. The fourth-order valence-electron chi connectivity index (χ4n) is 11.2. The molecule has 0 spiro atoms. The van der Waals surface area contributed by atoms with Gasteiger partial charge in [-0.05, 0) is 57.8 Å². The first-order valence-corrected chi connectivity index (χ1v) is 34.5. The Kier molecular flexibility index (Phi) is 50.8. The van der Waals surface area contributed by atoms with Gasteiger partial charge in [0, 0.05) is 6.42 Å². The maximum absolute atomic E-state index is 13.3. The summed E-state index contributed by atoms with van der Waals surface area (Å²) in [4.78, 5) is 13.3. The minimum Gasteiger partial charge on any atom is -0.394 e. The number of amides is 1. The number of allylic oxidation sites excluding steroid dienone is 9. The fourth-order valence-corrected chi connectivity index (χ4v) is 11.2. The Morgan fingerprint density at radius 3 is 1.26 bits per heavy atom. The van der Waals surface area contributed by atoms with Gasteiger partial charge < -0.3 is 65.1 Å². The van der Waals surface area contributed by atoms with Gasteiger partial charge in [0.15, 0.2) is 12.6 Å². The fraction of sp³-hybridized carbons (Fsp3) is 0.843. The van der Waals surface area contributed by atoms with Crippen molar-refractivity contribution in [2.75, 3.05) is 19.8 Å². The van der Waals surface area contributed by atoms with Crippen LogP contribution in [-0.2, 0) is 23.7 Å². The summed E-state index contributed by atoms with van der Waals surface area (Å²) in [5.41, 5.74) is 0. The van der Waals surface area contributed by atoms with E-state index in [1.165, 1.54) is 193 Å². The van der Waals surface area contributed by atoms with Gasteiger partial charge in [-0.25, -0.2) is 0 Å². The monoisotopic (exact) mass is 1190 g/mol. The first-order valence-electron chi connectivity index (χ1n) is 34.5. The van der Waals surface area contributed by atoms with E-state index < -0.39 is 86.8 Å². The molecule has 2 heterocycles. The second kappa shape index (κ2) is 54.8. The predicted octanol–water partition coefficient (Wildman–Crippen LogP) is 13.7. The van der Waals surface area contributed by atoms with Crippen molar-refractivity contribution in [3.05, 3.63) is 60.8 Å². The molecule has 0 radical (unpaired) electrons. The van der Waals surface area contributed by atoms with Gasteiger partial charge in [-0.3, -0.25) is 4.79 Å². The van der Waals surface area contributed by atoms with Crippen LogP contribution in [0.1, 0.15) is 284 Å². The third-order valence-electron chi connectivity index (χ3n) is 16.7. The Hall–Kier alpha value is -2.31. The van der Waals surface area contributed by atoms with E-state index >= 15 is 0 Å². The zero-order valence-corrected chi connectivity index (χ0v) is 53.1. The number of aliphatic hydroxyl groups excluding tert-OH is 8. The Morgan fingerprint density at radius 1 is 0.440 bits per heavy atom. The van der Waals surface area contributed by atoms with Gasteiger partial charge in [-0.1, -0.05) is 280 Å². The molecule has 2 aliphatic rings. The van der Waals surface area contributed by atoms with Gasteiger partial charge >= 0.3 is 0 Å². The zero-order valence-electron chi connectivity index (χ0n) is 53.1. The summed E-state index contributed by atoms with van der Waals surface area (Å²) in [5.74, 6) is -0.238. The molecule has 9 N–H and O–H groups in total. The molecule has 2 fully saturated rings. The molecule has 0 aromatic rings. The summed E-state index contributed by atoms with van der Waals surface area (Å²) in [6.45, 7) is 2.72. The highest BCUT2D eigenvalue weighted by Gasteiger charge is 2.51. The maximum Gasteiger partial charge on any atom is 0.220 e. The molecular weight excluding hydrogens is 1060 g/mol. The van der Waals surface area contributed by atoms with E-state index in [4.69, 9.17) is 18.9 Å². The van der Waals surface area contributed by atoms with E-state index in [1.54, 1.807) is 6.08 Å². The van der Waals surface area contributed by atoms with Crippen molar-refractivity contribution in [3.63, 3.8) is 0 Å². The number of hydrogen-bond donors (Lipinski definition) is 9. The number of ether oxygens (including phenoxy) is 4. The van der Waals surface area contributed by atoms with Gasteiger partial charge in [0.1, 0.15) is 48.8 Å². The molecule has 14 heteroatoms. The molecule has 490 valence electrons. The van der Waals surface area contributed by atoms with E-state index in [1.807, 2.05) is 6.08 Å². The first-order chi connectivity index (χ1) is 41.1. The van der Waals surface area contributed by atoms with Gasteiger partial charge in [0.05, 0.1) is 32.0 Å². The summed E-state index contributed by atoms with van der Waals surface area (Å²) < 4.78 is 22.9. The van der Waals surface area contributed by atoms with Crippen molar-refractivity contribution in [2.45, 2.75) is 357 Å². The average molecular weight is 1190 g/mol. The molecule has 1 amide bonds. The minimum absolute atomic E-state index is 0.238. The Bertz CT molecular complexity index is 1640. The minimum atomic E-state index is -1.79. The van der Waals surface area contributed by atoms with Crippen molar-refractivity contribution in [3.8, 4) is 0 Å². The highest BCUT2D eigenvalue weighted by atomic mass is 16.7. The smallest absolute Gasteiger partial charge is 0.220 e. The number of rotatable bonds is 56. The van der Waals surface area contributed by atoms with Crippen LogP contribution < -0.4 is 5.32 Å². The Balaban J connectivity index is 1.69. The average Bonchev–Trinajstić information content (AvgIpc) is 3.62. The standard InChI is InChI=1S/C70H127NO13/c1-3-5-7-9-11-13-15-17-19-21-23-25-27-28-29-30-32-34-36-38-40-42-44-46-48-50-52-54-62(75)71-58(57-81-69-67(80)65(78)68(61(56-73)83-69)84-70-66(79)64(77)63(76)60(55-72)82-70)59(74)53-51-49-47-45-43-41-39-37-35-33-31-26-24-22-20-18-16-14-12-10-8-6-4-2/h5,7,11,13,17,19,23,25,51,53,58-61,63-70,72-74,76-80H,3-4,6,8-10,12,14-16,18,20-22,24,26-50,52,54-57H2,1-2H3,(H,71,75)/b7-5-,13-11-,19-17-,25-23-,53-51+. The summed E-state index contributed by atoms with van der Waals surface area (Å²) in [6, 6.07) is -0.918. The lowest BCUT2D eigenvalue weighted by Crippen LogP contribution is -2.65. The van der Waals surface area contributed by atoms with Crippen molar-refractivity contribution in [1.82, 2.24) is 5.32 Å². The van der Waals surface area contributed by atoms with Crippen LogP contribution in [0.4, 0.5) is 0 Å². The molecule has 2 aliphatic heterocycles. The lowest BCUT2D eigenvalue weighted by atomic mass is 9.97. The number of unbranched alkanes of at least 4 members (excludes halogenated alkanes) is 35. The van der Waals surface area contributed by atoms with Crippen LogP contribution in [0.2, 0.25) is 0 Å². The molecule has 12 atom stereocenters. The van der Waals surface area contributed by atoms with Crippen molar-refractivity contribution in [1.29, 1.82) is 0 Å². The molecule has 0 aromatic carbocycles. The Morgan fingerprint density at radius 2 is 0.821 bits per heavy atom. The van der Waals surface area contributed by atoms with Crippen LogP contribution in [0.3, 0.4) is 0 Å². The molecule has 84 heavy (non-hydrogen) atoms. The summed E-state index contributed by atoms with van der Waals surface area (Å²) in [5, 5.41) is 87.4. The Labute approximate surface area is 511 Å². The predicted molar refractivity (Wildman–Crippen MR) is 341 cm³/mol. The lowest BCUT2D eigenvalue weighted by molar-refractivity contribution is -0.359. The normalized spacial score (nSPS) is 24.0. The van der Waals surface area contributed by atoms with Gasteiger partial charge in [0.25, 0.3) is 0 Å². The molecule has 14 nitrogen and oxygen atoms in total. The molecule has 2 saturated heterocycles. The molecule has 2 rings (SSSR count). The molecule has 0 aliphatic carbocycles. The van der Waals surface area contributed by atoms with E-state index in [2.05, 4.69) is 67.8 Å². The molecule has 12 unspecified atom stereocenters. The van der Waals surface area contributed by atoms with Crippen LogP contribution in [0, 0.1) is 0 Å². The van der Waals surface area contributed by atoms with Crippen LogP contribution in [0.25, 0.3) is 0 Å². The van der Waals surface area contributed by atoms with E-state index in [0.29, 0.717) is 6.42 Å². The third kappa shape index (κ3) is 38.9. The van der Waals surface area contributed by atoms with Crippen LogP contribution in [-0.4, -0.2) is 140 Å². The van der Waals surface area contributed by atoms with E-state index in [-0.39, 0.29) is 18.9 Å². The number of carbonyl (C=O) groups excluding carboxylic acids is 1. The van der Waals surface area contributed by atoms with Gasteiger partial charge in [-0.15, -0.1) is 0 Å². The van der Waals surface area contributed by atoms with Crippen molar-refractivity contribution >= 4 is 5.91 Å². The molecule has 0 bridgehead atoms. The zero-order chi connectivity index (χ0) is 60.9. The van der Waals surface area contributed by atoms with E-state index in [9.17, 15) is 45.6 Å². The first kappa shape index (κ1) is 77.8. The quantitative estimate of drug-likeness (QED) is 0.0204. The van der Waals surface area contributed by atoms with Crippen LogP contribution >= 0.6 is 0 Å². The highest BCUT2D eigenvalue weighted by Crippen LogP contribution is 2.30. The SMILES string of the molecule is CC/C=C\C/C=C\C/C=C\C/C=C\CCCCCCCCCCCCCCCCC(=O)NC(COC1OC(CO)C(OC2OC(CO)C(O)C(O)C2O)C(O)C1O)C(O)/C=C/CCCCCCCCCCCCCCCCCCCCCCC. The highest BCUT2D eigenvalue weighted by molar-refractivity contribution is 5.76. The lowest BCUT2D eigenvalue weighted by Gasteiger charge is -2.46. The summed E-state index contributed by atoms with van der Waals surface area (Å²) in [7, 11) is 0. The number of carbonyl (C=O) groups is 1. The van der Waals surface area contributed by atoms with Crippen LogP contribution in [0.15, 0.2) is 60.8 Å². The van der Waals surface area contributed by atoms with Crippen molar-refractivity contribution < 1.29 is 64.6 Å². The van der Waals surface area contributed by atoms with E-state index in [0.717, 1.165) is 64.2 Å². The summed E-state index contributed by atoms with van der Waals surface area (Å²) >= 11 is 0.